The van der Waals surface area contributed by atoms with Gasteiger partial charge in [0.15, 0.2) is 17.3 Å². The fraction of sp³-hybridized carbons (Fsp3) is 0.571. The number of unbranched alkanes of at least 4 members (excludes halogenated alkanes) is 2. The Morgan fingerprint density at radius 1 is 1.09 bits per heavy atom. The monoisotopic (exact) mass is 469 g/mol. The van der Waals surface area contributed by atoms with Gasteiger partial charge in [-0.25, -0.2) is 4.79 Å². The van der Waals surface area contributed by atoms with E-state index in [4.69, 9.17) is 14.2 Å². The van der Waals surface area contributed by atoms with Crippen molar-refractivity contribution in [2.45, 2.75) is 79.1 Å². The van der Waals surface area contributed by atoms with Gasteiger partial charge >= 0.3 is 5.97 Å². The lowest BCUT2D eigenvalue weighted by molar-refractivity contribution is -0.139. The Kier molecular flexibility index (Phi) is 8.45. The quantitative estimate of drug-likeness (QED) is 0.344. The summed E-state index contributed by atoms with van der Waals surface area (Å²) >= 11 is 0. The first kappa shape index (κ1) is 25.9. The van der Waals surface area contributed by atoms with Crippen LogP contribution in [-0.2, 0) is 14.3 Å². The van der Waals surface area contributed by atoms with Gasteiger partial charge in [0, 0.05) is 29.3 Å². The number of methoxy groups -OCH3 is 1. The van der Waals surface area contributed by atoms with Crippen LogP contribution in [-0.4, -0.2) is 32.1 Å². The topological polar surface area (TPSA) is 73.9 Å². The van der Waals surface area contributed by atoms with Crippen molar-refractivity contribution in [1.29, 1.82) is 0 Å². The minimum Gasteiger partial charge on any atom is -0.493 e. The minimum atomic E-state index is -0.507. The zero-order valence-corrected chi connectivity index (χ0v) is 21.5. The molecule has 1 heterocycles. The van der Waals surface area contributed by atoms with Gasteiger partial charge in [-0.2, -0.15) is 0 Å². The number of carbonyl (C=O) groups excluding carboxylic acids is 2. The summed E-state index contributed by atoms with van der Waals surface area (Å²) in [6, 6.07) is 5.68. The van der Waals surface area contributed by atoms with Crippen molar-refractivity contribution in [3.63, 3.8) is 0 Å². The van der Waals surface area contributed by atoms with Gasteiger partial charge in [0.1, 0.15) is 0 Å². The van der Waals surface area contributed by atoms with Crippen LogP contribution in [0.4, 0.5) is 0 Å². The van der Waals surface area contributed by atoms with E-state index in [1.165, 1.54) is 0 Å². The van der Waals surface area contributed by atoms with E-state index in [-0.39, 0.29) is 17.2 Å². The van der Waals surface area contributed by atoms with E-state index in [1.807, 2.05) is 32.0 Å². The summed E-state index contributed by atoms with van der Waals surface area (Å²) in [5.41, 5.74) is 3.48. The third-order valence-corrected chi connectivity index (χ3v) is 6.42. The number of dihydropyridines is 1. The lowest BCUT2D eigenvalue weighted by Crippen LogP contribution is -2.38. The number of ketones is 1. The molecule has 0 spiro atoms. The van der Waals surface area contributed by atoms with Crippen LogP contribution >= 0.6 is 0 Å². The number of carbonyl (C=O) groups is 2. The van der Waals surface area contributed by atoms with Crippen LogP contribution in [0.25, 0.3) is 0 Å². The second-order valence-electron chi connectivity index (χ2n) is 10.0. The van der Waals surface area contributed by atoms with E-state index in [9.17, 15) is 9.59 Å². The number of ether oxygens (including phenoxy) is 3. The van der Waals surface area contributed by atoms with Crippen molar-refractivity contribution in [2.24, 2.45) is 5.41 Å². The number of benzene rings is 1. The van der Waals surface area contributed by atoms with Crippen molar-refractivity contribution in [3.8, 4) is 11.5 Å². The van der Waals surface area contributed by atoms with Gasteiger partial charge in [-0.05, 0) is 49.3 Å². The first-order valence-electron chi connectivity index (χ1n) is 12.4. The molecule has 6 heteroatoms. The Balaban J connectivity index is 2.06. The zero-order valence-electron chi connectivity index (χ0n) is 21.5. The van der Waals surface area contributed by atoms with Crippen LogP contribution in [0.5, 0.6) is 11.5 Å². The van der Waals surface area contributed by atoms with E-state index < -0.39 is 5.92 Å². The maximum Gasteiger partial charge on any atom is 0.336 e. The Morgan fingerprint density at radius 3 is 2.53 bits per heavy atom. The highest BCUT2D eigenvalue weighted by molar-refractivity contribution is 6.04. The molecular formula is C28H39NO5. The first-order valence-corrected chi connectivity index (χ1v) is 12.4. The Labute approximate surface area is 203 Å². The normalized spacial score (nSPS) is 19.5. The maximum atomic E-state index is 13.4. The van der Waals surface area contributed by atoms with Gasteiger partial charge in [-0.3, -0.25) is 4.79 Å². The second kappa shape index (κ2) is 11.1. The molecular weight excluding hydrogens is 430 g/mol. The van der Waals surface area contributed by atoms with Crippen LogP contribution in [0.1, 0.15) is 84.6 Å². The van der Waals surface area contributed by atoms with Crippen molar-refractivity contribution >= 4 is 11.8 Å². The highest BCUT2D eigenvalue weighted by Crippen LogP contribution is 2.47. The number of Topliss-reactive ketones (excluding diaryl/α,β-unsaturated/α-hetero) is 1. The molecule has 0 aromatic heterocycles. The fourth-order valence-electron chi connectivity index (χ4n) is 4.83. The number of nitrogens with one attached hydrogen (secondary N) is 1. The molecule has 0 bridgehead atoms. The molecule has 2 aliphatic rings. The molecule has 6 nitrogen and oxygen atoms in total. The third-order valence-electron chi connectivity index (χ3n) is 6.42. The maximum absolute atomic E-state index is 13.4. The zero-order chi connectivity index (χ0) is 24.9. The van der Waals surface area contributed by atoms with Gasteiger partial charge in [0.05, 0.1) is 25.9 Å². The van der Waals surface area contributed by atoms with Crippen molar-refractivity contribution in [3.05, 3.63) is 46.3 Å². The number of esters is 1. The minimum absolute atomic E-state index is 0.0674. The molecule has 1 atom stereocenters. The van der Waals surface area contributed by atoms with E-state index in [0.29, 0.717) is 42.3 Å². The molecule has 1 aromatic carbocycles. The predicted octanol–water partition coefficient (Wildman–Crippen LogP) is 5.82. The molecule has 34 heavy (non-hydrogen) atoms. The Morgan fingerprint density at radius 2 is 1.85 bits per heavy atom. The summed E-state index contributed by atoms with van der Waals surface area (Å²) in [7, 11) is 1.60. The highest BCUT2D eigenvalue weighted by atomic mass is 16.5. The summed E-state index contributed by atoms with van der Waals surface area (Å²) < 4.78 is 17.1. The Hall–Kier alpha value is -2.76. The van der Waals surface area contributed by atoms with Gasteiger partial charge < -0.3 is 19.5 Å². The SMILES string of the molecule is CCCCCOC(=O)C1=C(C)NC2=C(C(=O)CC(C)(C)C2)[C@@H]1c1ccc(OCCC)c(OC)c1. The molecule has 0 saturated carbocycles. The summed E-state index contributed by atoms with van der Waals surface area (Å²) in [6.07, 6.45) is 4.95. The van der Waals surface area contributed by atoms with E-state index in [1.54, 1.807) is 7.11 Å². The van der Waals surface area contributed by atoms with E-state index in [0.717, 1.165) is 49.1 Å². The van der Waals surface area contributed by atoms with Gasteiger partial charge in [0.2, 0.25) is 0 Å². The van der Waals surface area contributed by atoms with Crippen LogP contribution in [0.2, 0.25) is 0 Å². The molecule has 0 unspecified atom stereocenters. The molecule has 1 aliphatic carbocycles. The van der Waals surface area contributed by atoms with Gasteiger partial charge in [-0.15, -0.1) is 0 Å². The molecule has 1 aromatic rings. The lowest BCUT2D eigenvalue weighted by Gasteiger charge is -2.39. The van der Waals surface area contributed by atoms with Crippen LogP contribution < -0.4 is 14.8 Å². The third kappa shape index (κ3) is 5.65. The molecule has 1 N–H and O–H groups in total. The molecule has 0 amide bonds. The predicted molar refractivity (Wildman–Crippen MR) is 133 cm³/mol. The van der Waals surface area contributed by atoms with Crippen LogP contribution in [0, 0.1) is 5.41 Å². The molecule has 3 rings (SSSR count). The molecule has 1 aliphatic heterocycles. The van der Waals surface area contributed by atoms with Crippen LogP contribution in [0.3, 0.4) is 0 Å². The van der Waals surface area contributed by atoms with Crippen molar-refractivity contribution in [2.75, 3.05) is 20.3 Å². The van der Waals surface area contributed by atoms with Crippen molar-refractivity contribution in [1.82, 2.24) is 5.32 Å². The van der Waals surface area contributed by atoms with Gasteiger partial charge in [0.25, 0.3) is 0 Å². The molecule has 0 fully saturated rings. The number of hydrogen-bond donors (Lipinski definition) is 1. The fourth-order valence-corrected chi connectivity index (χ4v) is 4.83. The number of allylic oxidation sites excluding steroid dienone is 3. The smallest absolute Gasteiger partial charge is 0.336 e. The number of hydrogen-bond acceptors (Lipinski definition) is 6. The number of rotatable bonds is 10. The lowest BCUT2D eigenvalue weighted by atomic mass is 9.68. The Bertz CT molecular complexity index is 989. The summed E-state index contributed by atoms with van der Waals surface area (Å²) in [5, 5.41) is 3.39. The second-order valence-corrected chi connectivity index (χ2v) is 10.0. The van der Waals surface area contributed by atoms with E-state index >= 15 is 0 Å². The highest BCUT2D eigenvalue weighted by Gasteiger charge is 2.43. The summed E-state index contributed by atoms with van der Waals surface area (Å²) in [4.78, 5) is 26.8. The average molecular weight is 470 g/mol. The standard InChI is InChI=1S/C28H39NO5/c1-7-9-10-14-34-27(31)24-18(3)29-20-16-28(4,5)17-21(30)26(20)25(24)19-11-12-22(33-13-8-2)23(15-19)32-6/h11-12,15,25,29H,7-10,13-14,16-17H2,1-6H3/t25-/m1/s1. The molecule has 186 valence electrons. The average Bonchev–Trinajstić information content (AvgIpc) is 2.78. The summed E-state index contributed by atoms with van der Waals surface area (Å²) in [6.45, 7) is 11.2. The molecule has 0 saturated heterocycles. The molecule has 0 radical (unpaired) electrons. The largest absolute Gasteiger partial charge is 0.493 e. The van der Waals surface area contributed by atoms with Crippen molar-refractivity contribution < 1.29 is 23.8 Å². The van der Waals surface area contributed by atoms with Crippen LogP contribution in [0.15, 0.2) is 40.7 Å². The first-order chi connectivity index (χ1) is 16.2. The van der Waals surface area contributed by atoms with E-state index in [2.05, 4.69) is 26.1 Å². The summed E-state index contributed by atoms with van der Waals surface area (Å²) in [5.74, 6) is 0.422. The van der Waals surface area contributed by atoms with Gasteiger partial charge in [-0.1, -0.05) is 46.6 Å².